The Kier molecular flexibility index (Phi) is 4.28. The van der Waals surface area contributed by atoms with Crippen molar-refractivity contribution in [2.75, 3.05) is 5.73 Å². The maximum Gasteiger partial charge on any atom is 0.196 e. The van der Waals surface area contributed by atoms with Crippen LogP contribution >= 0.6 is 34.8 Å². The van der Waals surface area contributed by atoms with Crippen molar-refractivity contribution in [3.05, 3.63) is 61.6 Å². The van der Waals surface area contributed by atoms with Crippen LogP contribution in [0.2, 0.25) is 15.1 Å². The number of aryl methyl sites for hydroxylation is 2. The van der Waals surface area contributed by atoms with Crippen LogP contribution in [-0.2, 0) is 0 Å². The minimum Gasteiger partial charge on any atom is -0.399 e. The van der Waals surface area contributed by atoms with Gasteiger partial charge in [0.2, 0.25) is 0 Å². The smallest absolute Gasteiger partial charge is 0.196 e. The quantitative estimate of drug-likeness (QED) is 0.617. The number of halogens is 3. The van der Waals surface area contributed by atoms with Gasteiger partial charge < -0.3 is 5.73 Å². The van der Waals surface area contributed by atoms with Crippen molar-refractivity contribution in [2.24, 2.45) is 0 Å². The molecule has 0 aliphatic rings. The highest BCUT2D eigenvalue weighted by Crippen LogP contribution is 2.32. The summed E-state index contributed by atoms with van der Waals surface area (Å²) < 4.78 is 0. The highest BCUT2D eigenvalue weighted by atomic mass is 35.5. The van der Waals surface area contributed by atoms with Gasteiger partial charge >= 0.3 is 0 Å². The molecule has 2 N–H and O–H groups in total. The van der Waals surface area contributed by atoms with Crippen LogP contribution in [0.3, 0.4) is 0 Å². The van der Waals surface area contributed by atoms with Crippen LogP contribution in [0.1, 0.15) is 27.0 Å². The molecular formula is C15H12Cl3NO. The van der Waals surface area contributed by atoms with Gasteiger partial charge in [0.05, 0.1) is 15.1 Å². The van der Waals surface area contributed by atoms with Gasteiger partial charge in [0.1, 0.15) is 0 Å². The zero-order chi connectivity index (χ0) is 15.0. The van der Waals surface area contributed by atoms with Crippen LogP contribution < -0.4 is 5.73 Å². The number of carbonyl (C=O) groups is 1. The number of hydrogen-bond donors (Lipinski definition) is 1. The Morgan fingerprint density at radius 2 is 1.50 bits per heavy atom. The van der Waals surface area contributed by atoms with Crippen LogP contribution in [0.4, 0.5) is 5.69 Å². The first-order valence-corrected chi connectivity index (χ1v) is 7.00. The summed E-state index contributed by atoms with van der Waals surface area (Å²) in [6.07, 6.45) is 0. The lowest BCUT2D eigenvalue weighted by Crippen LogP contribution is -2.05. The van der Waals surface area contributed by atoms with Crippen molar-refractivity contribution in [1.29, 1.82) is 0 Å². The zero-order valence-corrected chi connectivity index (χ0v) is 13.2. The first-order chi connectivity index (χ1) is 9.31. The van der Waals surface area contributed by atoms with Crippen LogP contribution in [0.15, 0.2) is 24.3 Å². The van der Waals surface area contributed by atoms with E-state index in [0.717, 1.165) is 11.1 Å². The van der Waals surface area contributed by atoms with E-state index in [4.69, 9.17) is 40.5 Å². The molecule has 0 fully saturated rings. The molecule has 2 aromatic rings. The molecule has 2 rings (SSSR count). The Hall–Kier alpha value is -1.22. The molecule has 0 aliphatic heterocycles. The lowest BCUT2D eigenvalue weighted by molar-refractivity contribution is 0.103. The number of carbonyl (C=O) groups excluding carboxylic acids is 1. The summed E-state index contributed by atoms with van der Waals surface area (Å²) in [4.78, 5) is 12.6. The van der Waals surface area contributed by atoms with Gasteiger partial charge in [-0.15, -0.1) is 0 Å². The molecule has 0 bridgehead atoms. The predicted octanol–water partition coefficient (Wildman–Crippen LogP) is 5.08. The number of hydrogen-bond acceptors (Lipinski definition) is 2. The largest absolute Gasteiger partial charge is 0.399 e. The molecule has 0 unspecified atom stereocenters. The first kappa shape index (κ1) is 15.2. The molecule has 0 heterocycles. The van der Waals surface area contributed by atoms with E-state index in [9.17, 15) is 4.79 Å². The zero-order valence-electron chi connectivity index (χ0n) is 10.9. The van der Waals surface area contributed by atoms with Gasteiger partial charge in [-0.3, -0.25) is 4.79 Å². The monoisotopic (exact) mass is 327 g/mol. The van der Waals surface area contributed by atoms with E-state index in [1.54, 1.807) is 12.1 Å². The fraction of sp³-hybridized carbons (Fsp3) is 0.133. The van der Waals surface area contributed by atoms with Crippen molar-refractivity contribution in [1.82, 2.24) is 0 Å². The lowest BCUT2D eigenvalue weighted by Gasteiger charge is -2.10. The number of nitrogens with two attached hydrogens (primary N) is 1. The third-order valence-corrected chi connectivity index (χ3v) is 4.24. The van der Waals surface area contributed by atoms with Gasteiger partial charge in [-0.1, -0.05) is 34.8 Å². The molecule has 2 aromatic carbocycles. The molecule has 0 spiro atoms. The third-order valence-electron chi connectivity index (χ3n) is 3.12. The molecule has 0 atom stereocenters. The normalized spacial score (nSPS) is 10.7. The number of nitrogen functional groups attached to an aromatic ring is 1. The summed E-state index contributed by atoms with van der Waals surface area (Å²) >= 11 is 18.2. The molecule has 0 aliphatic carbocycles. The van der Waals surface area contributed by atoms with Crippen molar-refractivity contribution >= 4 is 46.3 Å². The average molecular weight is 329 g/mol. The highest BCUT2D eigenvalue weighted by molar-refractivity contribution is 6.45. The third kappa shape index (κ3) is 2.78. The van der Waals surface area contributed by atoms with Gasteiger partial charge in [-0.05, 0) is 49.2 Å². The average Bonchev–Trinajstić information content (AvgIpc) is 2.37. The van der Waals surface area contributed by atoms with E-state index >= 15 is 0 Å². The molecule has 0 saturated carbocycles. The molecule has 20 heavy (non-hydrogen) atoms. The standard InChI is InChI=1S/C15H12Cl3NO/c1-7-3-10(12(16)4-8(7)2)15(20)11-5-9(19)6-13(17)14(11)18/h3-6H,19H2,1-2H3. The van der Waals surface area contributed by atoms with Gasteiger partial charge in [0, 0.05) is 16.8 Å². The Morgan fingerprint density at radius 1 is 0.900 bits per heavy atom. The molecule has 0 saturated heterocycles. The Bertz CT molecular complexity index is 711. The second-order valence-corrected chi connectivity index (χ2v) is 5.80. The summed E-state index contributed by atoms with van der Waals surface area (Å²) in [5.74, 6) is -0.294. The first-order valence-electron chi connectivity index (χ1n) is 5.87. The van der Waals surface area contributed by atoms with Gasteiger partial charge in [-0.25, -0.2) is 0 Å². The van der Waals surface area contributed by atoms with E-state index in [2.05, 4.69) is 0 Å². The van der Waals surface area contributed by atoms with Gasteiger partial charge in [0.25, 0.3) is 0 Å². The number of anilines is 1. The van der Waals surface area contributed by atoms with E-state index in [0.29, 0.717) is 16.3 Å². The Labute approximate surface area is 132 Å². The maximum absolute atomic E-state index is 12.6. The second-order valence-electron chi connectivity index (χ2n) is 4.61. The highest BCUT2D eigenvalue weighted by Gasteiger charge is 2.19. The fourth-order valence-electron chi connectivity index (χ4n) is 1.88. The number of ketones is 1. The van der Waals surface area contributed by atoms with E-state index in [-0.39, 0.29) is 21.4 Å². The van der Waals surface area contributed by atoms with Crippen LogP contribution in [-0.4, -0.2) is 5.78 Å². The van der Waals surface area contributed by atoms with Gasteiger partial charge in [-0.2, -0.15) is 0 Å². The van der Waals surface area contributed by atoms with E-state index < -0.39 is 0 Å². The molecule has 0 radical (unpaired) electrons. The van der Waals surface area contributed by atoms with Crippen LogP contribution in [0.5, 0.6) is 0 Å². The SMILES string of the molecule is Cc1cc(Cl)c(C(=O)c2cc(N)cc(Cl)c2Cl)cc1C. The molecule has 2 nitrogen and oxygen atoms in total. The van der Waals surface area contributed by atoms with Crippen molar-refractivity contribution in [3.8, 4) is 0 Å². The van der Waals surface area contributed by atoms with E-state index in [1.165, 1.54) is 12.1 Å². The van der Waals surface area contributed by atoms with Crippen molar-refractivity contribution in [3.63, 3.8) is 0 Å². The predicted molar refractivity (Wildman–Crippen MR) is 85.2 cm³/mol. The minimum atomic E-state index is -0.294. The van der Waals surface area contributed by atoms with E-state index in [1.807, 2.05) is 13.8 Å². The summed E-state index contributed by atoms with van der Waals surface area (Å²) in [6.45, 7) is 3.84. The molecule has 0 amide bonds. The van der Waals surface area contributed by atoms with Gasteiger partial charge in [0.15, 0.2) is 5.78 Å². The van der Waals surface area contributed by atoms with Crippen LogP contribution in [0, 0.1) is 13.8 Å². The molecular weight excluding hydrogens is 317 g/mol. The molecule has 5 heteroatoms. The number of rotatable bonds is 2. The van der Waals surface area contributed by atoms with Crippen molar-refractivity contribution in [2.45, 2.75) is 13.8 Å². The topological polar surface area (TPSA) is 43.1 Å². The summed E-state index contributed by atoms with van der Waals surface area (Å²) in [5.41, 5.74) is 8.72. The molecule has 0 aromatic heterocycles. The van der Waals surface area contributed by atoms with Crippen LogP contribution in [0.25, 0.3) is 0 Å². The molecule has 104 valence electrons. The summed E-state index contributed by atoms with van der Waals surface area (Å²) in [7, 11) is 0. The lowest BCUT2D eigenvalue weighted by atomic mass is 9.99. The summed E-state index contributed by atoms with van der Waals surface area (Å²) in [5, 5.41) is 0.808. The Morgan fingerprint density at radius 3 is 2.15 bits per heavy atom. The maximum atomic E-state index is 12.6. The summed E-state index contributed by atoms with van der Waals surface area (Å²) in [6, 6.07) is 6.50. The van der Waals surface area contributed by atoms with Crippen molar-refractivity contribution < 1.29 is 4.79 Å². The fourth-order valence-corrected chi connectivity index (χ4v) is 2.60. The second kappa shape index (κ2) is 5.65. The number of benzene rings is 2. The Balaban J connectivity index is 2.60. The minimum absolute atomic E-state index is 0.181.